The summed E-state index contributed by atoms with van der Waals surface area (Å²) >= 11 is 1.70. The van der Waals surface area contributed by atoms with Gasteiger partial charge in [0, 0.05) is 17.3 Å². The summed E-state index contributed by atoms with van der Waals surface area (Å²) in [7, 11) is 0. The third-order valence-electron chi connectivity index (χ3n) is 2.65. The van der Waals surface area contributed by atoms with Crippen molar-refractivity contribution in [2.45, 2.75) is 26.3 Å². The van der Waals surface area contributed by atoms with Crippen LogP contribution in [0.2, 0.25) is 0 Å². The molecular formula is C12H16N4S. The highest BCUT2D eigenvalue weighted by molar-refractivity contribution is 7.11. The van der Waals surface area contributed by atoms with Crippen LogP contribution in [0.4, 0.5) is 0 Å². The first-order valence-electron chi connectivity index (χ1n) is 5.49. The second-order valence-electron chi connectivity index (χ2n) is 3.96. The summed E-state index contributed by atoms with van der Waals surface area (Å²) < 4.78 is 0. The molecule has 0 saturated carbocycles. The number of aryl methyl sites for hydroxylation is 2. The predicted octanol–water partition coefficient (Wildman–Crippen LogP) is 1.90. The van der Waals surface area contributed by atoms with Crippen molar-refractivity contribution < 1.29 is 0 Å². The van der Waals surface area contributed by atoms with Crippen molar-refractivity contribution in [3.8, 4) is 0 Å². The average molecular weight is 248 g/mol. The Bertz CT molecular complexity index is 481. The molecule has 0 bridgehead atoms. The molecule has 3 N–H and O–H groups in total. The number of thiazole rings is 1. The predicted molar refractivity (Wildman–Crippen MR) is 69.6 cm³/mol. The van der Waals surface area contributed by atoms with E-state index in [9.17, 15) is 0 Å². The standard InChI is InChI=1S/C12H16N4S/c1-8-12(17-9(2)15-8)11(16-13)7-10-3-5-14-6-4-10/h3-6,11,16H,7,13H2,1-2H3. The zero-order chi connectivity index (χ0) is 12.3. The Kier molecular flexibility index (Phi) is 3.83. The summed E-state index contributed by atoms with van der Waals surface area (Å²) in [6.45, 7) is 4.04. The summed E-state index contributed by atoms with van der Waals surface area (Å²) in [4.78, 5) is 9.65. The molecule has 90 valence electrons. The van der Waals surface area contributed by atoms with E-state index in [-0.39, 0.29) is 6.04 Å². The highest BCUT2D eigenvalue weighted by atomic mass is 32.1. The molecule has 0 aliphatic heterocycles. The van der Waals surface area contributed by atoms with Crippen LogP contribution in [-0.2, 0) is 6.42 Å². The highest BCUT2D eigenvalue weighted by Crippen LogP contribution is 2.26. The molecule has 0 aliphatic carbocycles. The number of pyridine rings is 1. The van der Waals surface area contributed by atoms with E-state index in [0.717, 1.165) is 17.1 Å². The molecule has 4 nitrogen and oxygen atoms in total. The second-order valence-corrected chi connectivity index (χ2v) is 5.20. The molecule has 0 aliphatic rings. The summed E-state index contributed by atoms with van der Waals surface area (Å²) in [6.07, 6.45) is 4.45. The quantitative estimate of drug-likeness (QED) is 0.641. The van der Waals surface area contributed by atoms with Gasteiger partial charge in [0.2, 0.25) is 0 Å². The van der Waals surface area contributed by atoms with Crippen molar-refractivity contribution in [2.24, 2.45) is 5.84 Å². The number of nitrogens with zero attached hydrogens (tertiary/aromatic N) is 2. The number of aromatic nitrogens is 2. The lowest BCUT2D eigenvalue weighted by Gasteiger charge is -2.14. The molecule has 2 rings (SSSR count). The van der Waals surface area contributed by atoms with Crippen LogP contribution < -0.4 is 11.3 Å². The molecule has 5 heteroatoms. The summed E-state index contributed by atoms with van der Waals surface area (Å²) in [6, 6.07) is 4.13. The molecule has 0 amide bonds. The smallest absolute Gasteiger partial charge is 0.0900 e. The zero-order valence-corrected chi connectivity index (χ0v) is 10.8. The molecule has 2 heterocycles. The highest BCUT2D eigenvalue weighted by Gasteiger charge is 2.16. The fourth-order valence-electron chi connectivity index (χ4n) is 1.85. The van der Waals surface area contributed by atoms with Crippen LogP contribution in [0.5, 0.6) is 0 Å². The van der Waals surface area contributed by atoms with Gasteiger partial charge in [-0.25, -0.2) is 4.98 Å². The van der Waals surface area contributed by atoms with Crippen LogP contribution in [0.25, 0.3) is 0 Å². The van der Waals surface area contributed by atoms with Gasteiger partial charge in [0.1, 0.15) is 0 Å². The molecule has 0 radical (unpaired) electrons. The first-order chi connectivity index (χ1) is 8.20. The third kappa shape index (κ3) is 2.88. The van der Waals surface area contributed by atoms with Crippen LogP contribution >= 0.6 is 11.3 Å². The first-order valence-corrected chi connectivity index (χ1v) is 6.31. The number of hydrogen-bond acceptors (Lipinski definition) is 5. The van der Waals surface area contributed by atoms with E-state index in [0.29, 0.717) is 0 Å². The molecule has 0 aromatic carbocycles. The van der Waals surface area contributed by atoms with E-state index < -0.39 is 0 Å². The van der Waals surface area contributed by atoms with Gasteiger partial charge in [-0.05, 0) is 38.0 Å². The van der Waals surface area contributed by atoms with Gasteiger partial charge in [-0.1, -0.05) is 0 Å². The Balaban J connectivity index is 2.20. The van der Waals surface area contributed by atoms with Crippen molar-refractivity contribution in [3.05, 3.63) is 45.7 Å². The zero-order valence-electron chi connectivity index (χ0n) is 9.97. The van der Waals surface area contributed by atoms with Crippen LogP contribution in [0.1, 0.15) is 27.2 Å². The van der Waals surface area contributed by atoms with E-state index in [1.54, 1.807) is 23.7 Å². The molecule has 1 unspecified atom stereocenters. The van der Waals surface area contributed by atoms with Crippen molar-refractivity contribution in [1.82, 2.24) is 15.4 Å². The van der Waals surface area contributed by atoms with Gasteiger partial charge in [-0.3, -0.25) is 16.3 Å². The van der Waals surface area contributed by atoms with Crippen molar-refractivity contribution in [3.63, 3.8) is 0 Å². The topological polar surface area (TPSA) is 63.8 Å². The maximum absolute atomic E-state index is 5.64. The lowest BCUT2D eigenvalue weighted by Crippen LogP contribution is -2.29. The lowest BCUT2D eigenvalue weighted by molar-refractivity contribution is 0.557. The van der Waals surface area contributed by atoms with Gasteiger partial charge in [-0.2, -0.15) is 0 Å². The molecule has 1 atom stereocenters. The fourth-order valence-corrected chi connectivity index (χ4v) is 2.84. The van der Waals surface area contributed by atoms with Gasteiger partial charge in [-0.15, -0.1) is 11.3 Å². The number of hydrogen-bond donors (Lipinski definition) is 2. The maximum atomic E-state index is 5.64. The van der Waals surface area contributed by atoms with E-state index in [2.05, 4.69) is 15.4 Å². The SMILES string of the molecule is Cc1nc(C)c(C(Cc2ccncc2)NN)s1. The van der Waals surface area contributed by atoms with Gasteiger partial charge >= 0.3 is 0 Å². The van der Waals surface area contributed by atoms with Crippen molar-refractivity contribution in [2.75, 3.05) is 0 Å². The van der Waals surface area contributed by atoms with Gasteiger partial charge in [0.15, 0.2) is 0 Å². The van der Waals surface area contributed by atoms with Gasteiger partial charge in [0.25, 0.3) is 0 Å². The third-order valence-corrected chi connectivity index (χ3v) is 3.83. The van der Waals surface area contributed by atoms with E-state index in [1.165, 1.54) is 10.4 Å². The van der Waals surface area contributed by atoms with E-state index >= 15 is 0 Å². The summed E-state index contributed by atoms with van der Waals surface area (Å²) in [5.41, 5.74) is 5.15. The number of nitrogens with two attached hydrogens (primary N) is 1. The Hall–Kier alpha value is -1.30. The molecular weight excluding hydrogens is 232 g/mol. The van der Waals surface area contributed by atoms with E-state index in [4.69, 9.17) is 5.84 Å². The minimum absolute atomic E-state index is 0.114. The normalized spacial score (nSPS) is 12.6. The minimum atomic E-state index is 0.114. The number of rotatable bonds is 4. The van der Waals surface area contributed by atoms with Gasteiger partial charge in [0.05, 0.1) is 16.7 Å². The molecule has 0 saturated heterocycles. The molecule has 2 aromatic rings. The monoisotopic (exact) mass is 248 g/mol. The fraction of sp³-hybridized carbons (Fsp3) is 0.333. The van der Waals surface area contributed by atoms with E-state index in [1.807, 2.05) is 26.0 Å². The van der Waals surface area contributed by atoms with Crippen molar-refractivity contribution in [1.29, 1.82) is 0 Å². The first kappa shape index (κ1) is 12.2. The largest absolute Gasteiger partial charge is 0.271 e. The lowest BCUT2D eigenvalue weighted by atomic mass is 10.1. The molecule has 0 fully saturated rings. The Morgan fingerprint density at radius 3 is 2.59 bits per heavy atom. The van der Waals surface area contributed by atoms with Gasteiger partial charge < -0.3 is 0 Å². The average Bonchev–Trinajstić information content (AvgIpc) is 2.67. The molecule has 2 aromatic heterocycles. The minimum Gasteiger partial charge on any atom is -0.271 e. The van der Waals surface area contributed by atoms with Crippen LogP contribution in [-0.4, -0.2) is 9.97 Å². The summed E-state index contributed by atoms with van der Waals surface area (Å²) in [5.74, 6) is 5.64. The Morgan fingerprint density at radius 2 is 2.06 bits per heavy atom. The Labute approximate surface area is 105 Å². The second kappa shape index (κ2) is 5.35. The molecule has 17 heavy (non-hydrogen) atoms. The van der Waals surface area contributed by atoms with Crippen LogP contribution in [0.3, 0.4) is 0 Å². The van der Waals surface area contributed by atoms with Crippen molar-refractivity contribution >= 4 is 11.3 Å². The number of hydrazine groups is 1. The Morgan fingerprint density at radius 1 is 1.35 bits per heavy atom. The van der Waals surface area contributed by atoms with Crippen LogP contribution in [0.15, 0.2) is 24.5 Å². The number of nitrogens with one attached hydrogen (secondary N) is 1. The maximum Gasteiger partial charge on any atom is 0.0900 e. The summed E-state index contributed by atoms with van der Waals surface area (Å²) in [5, 5.41) is 1.08. The molecule has 0 spiro atoms. The van der Waals surface area contributed by atoms with Crippen LogP contribution in [0, 0.1) is 13.8 Å².